The molecule has 1 N–H and O–H groups in total. The summed E-state index contributed by atoms with van der Waals surface area (Å²) in [5, 5.41) is 8.13. The van der Waals surface area contributed by atoms with Crippen LogP contribution in [-0.4, -0.2) is 20.7 Å². The van der Waals surface area contributed by atoms with Crippen molar-refractivity contribution in [2.45, 2.75) is 20.0 Å². The lowest BCUT2D eigenvalue weighted by Crippen LogP contribution is -2.23. The first-order valence-electron chi connectivity index (χ1n) is 7.03. The van der Waals surface area contributed by atoms with E-state index in [0.29, 0.717) is 34.7 Å². The summed E-state index contributed by atoms with van der Waals surface area (Å²) in [5.41, 5.74) is 2.08. The lowest BCUT2D eigenvalue weighted by molar-refractivity contribution is 0.0951. The molecular weight excluding hydrogens is 300 g/mol. The molecule has 0 aliphatic carbocycles. The minimum atomic E-state index is -0.243. The number of carbonyl (C=O) groups excluding carboxylic acids is 1. The molecule has 0 spiro atoms. The van der Waals surface area contributed by atoms with Crippen LogP contribution in [0.5, 0.6) is 0 Å². The molecule has 0 saturated heterocycles. The summed E-state index contributed by atoms with van der Waals surface area (Å²) < 4.78 is 1.74. The number of fused-ring (bicyclic) bond motifs is 1. The molecule has 0 radical (unpaired) electrons. The van der Waals surface area contributed by atoms with Crippen LogP contribution in [0.4, 0.5) is 0 Å². The van der Waals surface area contributed by atoms with Crippen LogP contribution in [-0.2, 0) is 13.1 Å². The topological polar surface area (TPSA) is 59.8 Å². The van der Waals surface area contributed by atoms with E-state index in [2.05, 4.69) is 15.4 Å². The van der Waals surface area contributed by atoms with Crippen molar-refractivity contribution in [3.8, 4) is 0 Å². The number of benzene rings is 1. The van der Waals surface area contributed by atoms with Gasteiger partial charge in [-0.2, -0.15) is 5.10 Å². The fraction of sp³-hybridized carbons (Fsp3) is 0.188. The van der Waals surface area contributed by atoms with Crippen LogP contribution in [0.2, 0.25) is 5.02 Å². The fourth-order valence-electron chi connectivity index (χ4n) is 2.26. The van der Waals surface area contributed by atoms with Crippen molar-refractivity contribution in [1.82, 2.24) is 20.1 Å². The molecule has 1 amide bonds. The number of amides is 1. The Morgan fingerprint density at radius 3 is 2.77 bits per heavy atom. The van der Waals surface area contributed by atoms with Gasteiger partial charge in [-0.1, -0.05) is 41.9 Å². The Morgan fingerprint density at radius 1 is 1.27 bits per heavy atom. The lowest BCUT2D eigenvalue weighted by atomic mass is 10.2. The highest BCUT2D eigenvalue weighted by molar-refractivity contribution is 6.38. The first-order chi connectivity index (χ1) is 10.7. The minimum Gasteiger partial charge on any atom is -0.348 e. The van der Waals surface area contributed by atoms with Crippen LogP contribution >= 0.6 is 11.6 Å². The highest BCUT2D eigenvalue weighted by Gasteiger charge is 2.16. The molecule has 3 aromatic rings. The summed E-state index contributed by atoms with van der Waals surface area (Å²) in [6.07, 6.45) is 3.14. The third kappa shape index (κ3) is 2.67. The quantitative estimate of drug-likeness (QED) is 0.805. The molecule has 0 fully saturated rings. The summed E-state index contributed by atoms with van der Waals surface area (Å²) in [6, 6.07) is 9.71. The van der Waals surface area contributed by atoms with Gasteiger partial charge in [0.05, 0.1) is 22.2 Å². The van der Waals surface area contributed by atoms with Crippen molar-refractivity contribution in [3.63, 3.8) is 0 Å². The van der Waals surface area contributed by atoms with Crippen molar-refractivity contribution in [1.29, 1.82) is 0 Å². The maximum atomic E-state index is 12.3. The molecule has 0 bridgehead atoms. The Balaban J connectivity index is 1.83. The number of aromatic nitrogens is 3. The van der Waals surface area contributed by atoms with Crippen LogP contribution in [0, 0.1) is 0 Å². The van der Waals surface area contributed by atoms with E-state index >= 15 is 0 Å². The normalized spacial score (nSPS) is 10.8. The zero-order valence-corrected chi connectivity index (χ0v) is 12.8. The van der Waals surface area contributed by atoms with Crippen LogP contribution in [0.15, 0.2) is 42.7 Å². The average molecular weight is 315 g/mol. The summed E-state index contributed by atoms with van der Waals surface area (Å²) in [4.78, 5) is 16.6. The molecule has 2 heterocycles. The number of halogens is 1. The Kier molecular flexibility index (Phi) is 4.06. The second kappa shape index (κ2) is 6.15. The Bertz CT molecular complexity index is 814. The van der Waals surface area contributed by atoms with E-state index in [1.165, 1.54) is 6.20 Å². The standard InChI is InChI=1S/C16H15ClN4O/c1-2-21-15-12(10-20-21)14(17)13(9-18-15)16(22)19-8-11-6-4-3-5-7-11/h3-7,9-10H,2,8H2,1H3,(H,19,22). The Labute approximate surface area is 132 Å². The van der Waals surface area contributed by atoms with Crippen molar-refractivity contribution >= 4 is 28.5 Å². The van der Waals surface area contributed by atoms with E-state index in [1.807, 2.05) is 37.3 Å². The number of aryl methyl sites for hydroxylation is 1. The van der Waals surface area contributed by atoms with E-state index < -0.39 is 0 Å². The van der Waals surface area contributed by atoms with Gasteiger partial charge < -0.3 is 5.32 Å². The number of pyridine rings is 1. The predicted octanol–water partition coefficient (Wildman–Crippen LogP) is 3.03. The summed E-state index contributed by atoms with van der Waals surface area (Å²) in [6.45, 7) is 3.12. The van der Waals surface area contributed by atoms with Crippen LogP contribution in [0.25, 0.3) is 11.0 Å². The second-order valence-electron chi connectivity index (χ2n) is 4.85. The minimum absolute atomic E-state index is 0.243. The van der Waals surface area contributed by atoms with E-state index in [4.69, 9.17) is 11.6 Å². The van der Waals surface area contributed by atoms with Gasteiger partial charge in [0, 0.05) is 19.3 Å². The SMILES string of the molecule is CCn1ncc2c(Cl)c(C(=O)NCc3ccccc3)cnc21. The first kappa shape index (κ1) is 14.5. The summed E-state index contributed by atoms with van der Waals surface area (Å²) >= 11 is 6.33. The molecule has 2 aromatic heterocycles. The van der Waals surface area contributed by atoms with Crippen LogP contribution in [0.3, 0.4) is 0 Å². The van der Waals surface area contributed by atoms with Gasteiger partial charge in [0.1, 0.15) is 0 Å². The van der Waals surface area contributed by atoms with E-state index in [-0.39, 0.29) is 5.91 Å². The summed E-state index contributed by atoms with van der Waals surface area (Å²) in [7, 11) is 0. The molecule has 0 saturated carbocycles. The highest BCUT2D eigenvalue weighted by atomic mass is 35.5. The van der Waals surface area contributed by atoms with Gasteiger partial charge in [-0.15, -0.1) is 0 Å². The fourth-order valence-corrected chi connectivity index (χ4v) is 2.53. The summed E-state index contributed by atoms with van der Waals surface area (Å²) in [5.74, 6) is -0.243. The zero-order chi connectivity index (χ0) is 15.5. The monoisotopic (exact) mass is 314 g/mol. The van der Waals surface area contributed by atoms with Crippen molar-refractivity contribution in [3.05, 3.63) is 58.9 Å². The molecule has 3 rings (SSSR count). The molecule has 0 unspecified atom stereocenters. The van der Waals surface area contributed by atoms with Gasteiger partial charge in [-0.25, -0.2) is 9.67 Å². The molecular formula is C16H15ClN4O. The number of nitrogens with one attached hydrogen (secondary N) is 1. The molecule has 0 atom stereocenters. The number of hydrogen-bond donors (Lipinski definition) is 1. The van der Waals surface area contributed by atoms with Crippen molar-refractivity contribution in [2.75, 3.05) is 0 Å². The molecule has 0 aliphatic heterocycles. The van der Waals surface area contributed by atoms with Gasteiger partial charge in [-0.3, -0.25) is 4.79 Å². The predicted molar refractivity (Wildman–Crippen MR) is 85.8 cm³/mol. The largest absolute Gasteiger partial charge is 0.348 e. The maximum absolute atomic E-state index is 12.3. The number of hydrogen-bond acceptors (Lipinski definition) is 3. The molecule has 0 aliphatic rings. The van der Waals surface area contributed by atoms with Crippen molar-refractivity contribution < 1.29 is 4.79 Å². The average Bonchev–Trinajstić information content (AvgIpc) is 2.98. The molecule has 1 aromatic carbocycles. The maximum Gasteiger partial charge on any atom is 0.254 e. The number of nitrogens with zero attached hydrogens (tertiary/aromatic N) is 3. The highest BCUT2D eigenvalue weighted by Crippen LogP contribution is 2.25. The lowest BCUT2D eigenvalue weighted by Gasteiger charge is -2.07. The Hall–Kier alpha value is -2.40. The third-order valence-electron chi connectivity index (χ3n) is 3.44. The second-order valence-corrected chi connectivity index (χ2v) is 5.23. The molecule has 6 heteroatoms. The van der Waals surface area contributed by atoms with Crippen molar-refractivity contribution in [2.24, 2.45) is 0 Å². The van der Waals surface area contributed by atoms with Gasteiger partial charge in [0.2, 0.25) is 0 Å². The first-order valence-corrected chi connectivity index (χ1v) is 7.40. The van der Waals surface area contributed by atoms with Gasteiger partial charge in [0.25, 0.3) is 5.91 Å². The number of carbonyl (C=O) groups is 1. The number of rotatable bonds is 4. The smallest absolute Gasteiger partial charge is 0.254 e. The van der Waals surface area contributed by atoms with E-state index in [9.17, 15) is 4.79 Å². The zero-order valence-electron chi connectivity index (χ0n) is 12.1. The Morgan fingerprint density at radius 2 is 2.05 bits per heavy atom. The van der Waals surface area contributed by atoms with E-state index in [1.54, 1.807) is 10.9 Å². The third-order valence-corrected chi connectivity index (χ3v) is 3.85. The van der Waals surface area contributed by atoms with Gasteiger partial charge in [0.15, 0.2) is 5.65 Å². The molecule has 5 nitrogen and oxygen atoms in total. The molecule has 22 heavy (non-hydrogen) atoms. The van der Waals surface area contributed by atoms with E-state index in [0.717, 1.165) is 5.56 Å². The van der Waals surface area contributed by atoms with Crippen LogP contribution in [0.1, 0.15) is 22.8 Å². The molecule has 112 valence electrons. The van der Waals surface area contributed by atoms with Gasteiger partial charge in [-0.05, 0) is 12.5 Å². The van der Waals surface area contributed by atoms with Gasteiger partial charge >= 0.3 is 0 Å². The van der Waals surface area contributed by atoms with Crippen LogP contribution < -0.4 is 5.32 Å².